The summed E-state index contributed by atoms with van der Waals surface area (Å²) in [6.45, 7) is 8.87. The summed E-state index contributed by atoms with van der Waals surface area (Å²) in [7, 11) is 1.35. The molecule has 0 rings (SSSR count). The first-order valence-electron chi connectivity index (χ1n) is 5.37. The third kappa shape index (κ3) is 3.67. The first-order valence-corrected chi connectivity index (χ1v) is 9.03. The number of methoxy groups -OCH3 is 1. The highest BCUT2D eigenvalue weighted by molar-refractivity contribution is 8.23. The number of nitrogens with one attached hydrogen (secondary N) is 1. The van der Waals surface area contributed by atoms with Crippen LogP contribution in [0, 0.1) is 0 Å². The van der Waals surface area contributed by atoms with Gasteiger partial charge in [0.15, 0.2) is 0 Å². The molecule has 1 N–H and O–H groups in total. The number of hydrogen-bond acceptors (Lipinski definition) is 3. The van der Waals surface area contributed by atoms with E-state index in [1.807, 2.05) is 0 Å². The lowest BCUT2D eigenvalue weighted by atomic mass is 10.5. The molecule has 0 radical (unpaired) electrons. The summed E-state index contributed by atoms with van der Waals surface area (Å²) in [5.41, 5.74) is -2.31. The van der Waals surface area contributed by atoms with Crippen molar-refractivity contribution in [3.8, 4) is 0 Å². The van der Waals surface area contributed by atoms with E-state index in [0.717, 1.165) is 19.6 Å². The molecular formula is C9H21ClN2O2PS+. The molecule has 0 spiro atoms. The Morgan fingerprint density at radius 3 is 2.12 bits per heavy atom. The van der Waals surface area contributed by atoms with E-state index in [-0.39, 0.29) is 12.5 Å². The maximum absolute atomic E-state index is 11.1. The van der Waals surface area contributed by atoms with Crippen molar-refractivity contribution in [1.82, 2.24) is 5.09 Å². The lowest BCUT2D eigenvalue weighted by molar-refractivity contribution is -0.801. The number of quaternary nitrogens is 1. The second-order valence-electron chi connectivity index (χ2n) is 3.46. The number of ether oxygens (including phenoxy) is 1. The summed E-state index contributed by atoms with van der Waals surface area (Å²) >= 11 is 11.9. The minimum Gasteiger partial charge on any atom is -0.468 e. The second kappa shape index (κ2) is 6.92. The highest BCUT2D eigenvalue weighted by Gasteiger charge is 2.38. The van der Waals surface area contributed by atoms with Crippen LogP contribution in [0.1, 0.15) is 20.8 Å². The molecule has 0 fully saturated rings. The van der Waals surface area contributed by atoms with Gasteiger partial charge in [0.25, 0.3) is 5.69 Å². The lowest BCUT2D eigenvalue weighted by Crippen LogP contribution is -2.46. The highest BCUT2D eigenvalue weighted by atomic mass is 35.7. The number of halogens is 1. The largest absolute Gasteiger partial charge is 0.468 e. The monoisotopic (exact) mass is 287 g/mol. The van der Waals surface area contributed by atoms with Gasteiger partial charge in [-0.2, -0.15) is 0 Å². The predicted octanol–water partition coefficient (Wildman–Crippen LogP) is 2.09. The first-order chi connectivity index (χ1) is 7.39. The number of carbonyl (C=O) groups is 1. The zero-order chi connectivity index (χ0) is 12.8. The molecule has 4 nitrogen and oxygen atoms in total. The van der Waals surface area contributed by atoms with Crippen LogP contribution < -0.4 is 5.09 Å². The van der Waals surface area contributed by atoms with Crippen LogP contribution in [-0.2, 0) is 21.3 Å². The van der Waals surface area contributed by atoms with Crippen molar-refractivity contribution >= 4 is 34.7 Å². The topological polar surface area (TPSA) is 38.3 Å². The Bertz CT molecular complexity index is 276. The van der Waals surface area contributed by atoms with E-state index in [1.54, 1.807) is 0 Å². The smallest absolute Gasteiger partial charge is 0.320 e. The molecule has 0 aromatic heterocycles. The molecule has 0 aliphatic rings. The minimum absolute atomic E-state index is 0.0806. The third-order valence-electron chi connectivity index (χ3n) is 2.96. The Kier molecular flexibility index (Phi) is 7.06. The Balaban J connectivity index is 4.73. The fraction of sp³-hybridized carbons (Fsp3) is 0.889. The Morgan fingerprint density at radius 1 is 1.38 bits per heavy atom. The maximum Gasteiger partial charge on any atom is 0.320 e. The summed E-state index contributed by atoms with van der Waals surface area (Å²) in [5, 5.41) is 2.99. The highest BCUT2D eigenvalue weighted by Crippen LogP contribution is 2.56. The minimum atomic E-state index is -2.31. The van der Waals surface area contributed by atoms with E-state index in [0.29, 0.717) is 4.25 Å². The molecule has 0 amide bonds. The zero-order valence-electron chi connectivity index (χ0n) is 10.3. The fourth-order valence-electron chi connectivity index (χ4n) is 1.60. The van der Waals surface area contributed by atoms with Gasteiger partial charge in [-0.1, -0.05) is 0 Å². The molecule has 0 heterocycles. The van der Waals surface area contributed by atoms with Gasteiger partial charge in [-0.25, -0.2) is 5.09 Å². The van der Waals surface area contributed by atoms with E-state index in [9.17, 15) is 4.79 Å². The van der Waals surface area contributed by atoms with Crippen LogP contribution in [-0.4, -0.2) is 43.5 Å². The van der Waals surface area contributed by atoms with E-state index in [2.05, 4.69) is 30.6 Å². The molecule has 0 saturated heterocycles. The average molecular weight is 288 g/mol. The summed E-state index contributed by atoms with van der Waals surface area (Å²) in [6.07, 6.45) is 0. The van der Waals surface area contributed by atoms with E-state index >= 15 is 0 Å². The molecular weight excluding hydrogens is 267 g/mol. The van der Waals surface area contributed by atoms with E-state index < -0.39 is 5.69 Å². The van der Waals surface area contributed by atoms with E-state index in [1.165, 1.54) is 7.11 Å². The van der Waals surface area contributed by atoms with Crippen molar-refractivity contribution in [1.29, 1.82) is 0 Å². The number of carbonyl (C=O) groups excluding carboxylic acids is 1. The lowest BCUT2D eigenvalue weighted by Gasteiger charge is -2.41. The second-order valence-corrected chi connectivity index (χ2v) is 9.28. The number of esters is 1. The van der Waals surface area contributed by atoms with Crippen LogP contribution in [0.3, 0.4) is 0 Å². The zero-order valence-corrected chi connectivity index (χ0v) is 12.8. The van der Waals surface area contributed by atoms with Gasteiger partial charge < -0.3 is 4.74 Å². The van der Waals surface area contributed by atoms with Gasteiger partial charge in [-0.15, -0.1) is 0 Å². The van der Waals surface area contributed by atoms with Crippen molar-refractivity contribution in [2.45, 2.75) is 20.8 Å². The third-order valence-corrected chi connectivity index (χ3v) is 8.19. The number of hydrogen-bond donors (Lipinski definition) is 1. The molecule has 96 valence electrons. The van der Waals surface area contributed by atoms with Crippen LogP contribution in [0.25, 0.3) is 0 Å². The van der Waals surface area contributed by atoms with Crippen molar-refractivity contribution < 1.29 is 13.8 Å². The molecule has 1 unspecified atom stereocenters. The molecule has 0 aliphatic heterocycles. The molecule has 0 bridgehead atoms. The quantitative estimate of drug-likeness (QED) is 0.575. The molecule has 0 aliphatic carbocycles. The number of rotatable bonds is 7. The van der Waals surface area contributed by atoms with Gasteiger partial charge in [-0.3, -0.25) is 9.05 Å². The van der Waals surface area contributed by atoms with Gasteiger partial charge in [-0.05, 0) is 43.8 Å². The standard InChI is InChI=1S/C9H21ClN2O2PS/c1-5-12(6-2,7-3)15(10,16)11-8-9(13)14-4/h5-8H2,1-4H3,(H,11,16)/q+1. The molecule has 1 atom stereocenters. The molecule has 0 aromatic rings. The van der Waals surface area contributed by atoms with Gasteiger partial charge in [0.2, 0.25) is 0 Å². The normalized spacial score (nSPS) is 15.6. The molecule has 7 heteroatoms. The Morgan fingerprint density at radius 2 is 1.81 bits per heavy atom. The van der Waals surface area contributed by atoms with Crippen LogP contribution >= 0.6 is 16.9 Å². The Hall–Kier alpha value is 0.330. The van der Waals surface area contributed by atoms with Crippen LogP contribution in [0.2, 0.25) is 0 Å². The average Bonchev–Trinajstić information content (AvgIpc) is 2.28. The van der Waals surface area contributed by atoms with Crippen LogP contribution in [0.5, 0.6) is 0 Å². The summed E-state index contributed by atoms with van der Waals surface area (Å²) in [6, 6.07) is 0. The first kappa shape index (κ1) is 16.3. The van der Waals surface area contributed by atoms with Crippen molar-refractivity contribution in [3.63, 3.8) is 0 Å². The van der Waals surface area contributed by atoms with Gasteiger partial charge in [0.05, 0.1) is 26.7 Å². The van der Waals surface area contributed by atoms with Crippen molar-refractivity contribution in [2.24, 2.45) is 0 Å². The van der Waals surface area contributed by atoms with Crippen molar-refractivity contribution in [3.05, 3.63) is 0 Å². The van der Waals surface area contributed by atoms with E-state index in [4.69, 9.17) is 23.0 Å². The summed E-state index contributed by atoms with van der Waals surface area (Å²) in [5.74, 6) is -0.337. The van der Waals surface area contributed by atoms with Crippen LogP contribution in [0.4, 0.5) is 0 Å². The number of nitrogens with zero attached hydrogens (tertiary/aromatic N) is 1. The molecule has 0 saturated carbocycles. The van der Waals surface area contributed by atoms with Gasteiger partial charge in [0.1, 0.15) is 6.54 Å². The van der Waals surface area contributed by atoms with Gasteiger partial charge in [0, 0.05) is 0 Å². The van der Waals surface area contributed by atoms with Crippen molar-refractivity contribution in [2.75, 3.05) is 33.3 Å². The fourth-order valence-corrected chi connectivity index (χ4v) is 5.69. The summed E-state index contributed by atoms with van der Waals surface area (Å²) < 4.78 is 5.20. The van der Waals surface area contributed by atoms with Crippen LogP contribution in [0.15, 0.2) is 0 Å². The molecule has 16 heavy (non-hydrogen) atoms. The maximum atomic E-state index is 11.1. The van der Waals surface area contributed by atoms with Gasteiger partial charge >= 0.3 is 5.97 Å². The SMILES string of the molecule is CC[N+](CC)(CC)P(=S)(Cl)NCC(=O)OC. The molecule has 0 aromatic carbocycles. The Labute approximate surface area is 108 Å². The predicted molar refractivity (Wildman–Crippen MR) is 72.0 cm³/mol. The summed E-state index contributed by atoms with van der Waals surface area (Å²) in [4.78, 5) is 11.1.